The molecule has 0 fully saturated rings. The Labute approximate surface area is 107 Å². The van der Waals surface area contributed by atoms with Crippen molar-refractivity contribution >= 4 is 5.91 Å². The lowest BCUT2D eigenvalue weighted by Crippen LogP contribution is -2.21. The molecule has 0 saturated heterocycles. The Morgan fingerprint density at radius 3 is 2.67 bits per heavy atom. The van der Waals surface area contributed by atoms with Crippen molar-refractivity contribution < 1.29 is 14.3 Å². The average molecular weight is 253 g/mol. The van der Waals surface area contributed by atoms with E-state index in [9.17, 15) is 14.3 Å². The van der Waals surface area contributed by atoms with E-state index in [1.54, 1.807) is 33.2 Å². The summed E-state index contributed by atoms with van der Waals surface area (Å²) in [5.41, 5.74) is 1.22. The zero-order valence-electron chi connectivity index (χ0n) is 11.1. The van der Waals surface area contributed by atoms with Crippen molar-refractivity contribution in [1.82, 2.24) is 4.90 Å². The fraction of sp³-hybridized carbons (Fsp3) is 0.500. The molecule has 4 heteroatoms. The second kappa shape index (κ2) is 6.50. The van der Waals surface area contributed by atoms with Gasteiger partial charge in [0.15, 0.2) is 0 Å². The normalized spacial score (nSPS) is 12.3. The number of aryl methyl sites for hydroxylation is 1. The molecule has 0 aliphatic heterocycles. The second-order valence-electron chi connectivity index (χ2n) is 4.70. The van der Waals surface area contributed by atoms with Gasteiger partial charge in [0.1, 0.15) is 5.82 Å². The van der Waals surface area contributed by atoms with Crippen LogP contribution in [0.1, 0.15) is 36.5 Å². The quantitative estimate of drug-likeness (QED) is 0.875. The van der Waals surface area contributed by atoms with E-state index in [0.29, 0.717) is 30.4 Å². The Hall–Kier alpha value is -1.42. The van der Waals surface area contributed by atoms with Crippen LogP contribution >= 0.6 is 0 Å². The molecule has 0 bridgehead atoms. The molecule has 0 saturated carbocycles. The number of rotatable bonds is 5. The number of aliphatic hydroxyl groups is 1. The van der Waals surface area contributed by atoms with Crippen LogP contribution in [0.4, 0.5) is 4.39 Å². The maximum Gasteiger partial charge on any atom is 0.222 e. The number of hydrogen-bond donors (Lipinski definition) is 1. The summed E-state index contributed by atoms with van der Waals surface area (Å²) < 4.78 is 13.1. The maximum atomic E-state index is 13.1. The van der Waals surface area contributed by atoms with Crippen LogP contribution in [0.2, 0.25) is 0 Å². The summed E-state index contributed by atoms with van der Waals surface area (Å²) in [5.74, 6) is -0.216. The highest BCUT2D eigenvalue weighted by Gasteiger charge is 2.11. The minimum Gasteiger partial charge on any atom is -0.388 e. The molecular formula is C14H20FNO2. The number of hydrogen-bond acceptors (Lipinski definition) is 2. The number of amides is 1. The SMILES string of the molecule is Cc1cc(C(O)CCCC(=O)N(C)C)ccc1F. The predicted octanol–water partition coefficient (Wildman–Crippen LogP) is 2.43. The van der Waals surface area contributed by atoms with Gasteiger partial charge in [-0.3, -0.25) is 4.79 Å². The van der Waals surface area contributed by atoms with E-state index < -0.39 is 6.10 Å². The van der Waals surface area contributed by atoms with Crippen LogP contribution in [-0.2, 0) is 4.79 Å². The summed E-state index contributed by atoms with van der Waals surface area (Å²) in [4.78, 5) is 12.9. The molecule has 1 unspecified atom stereocenters. The van der Waals surface area contributed by atoms with Crippen LogP contribution in [0.15, 0.2) is 18.2 Å². The van der Waals surface area contributed by atoms with E-state index in [1.165, 1.54) is 11.0 Å². The second-order valence-corrected chi connectivity index (χ2v) is 4.70. The molecule has 0 aromatic heterocycles. The minimum absolute atomic E-state index is 0.0532. The summed E-state index contributed by atoms with van der Waals surface area (Å²) in [6.07, 6.45) is 0.906. The smallest absolute Gasteiger partial charge is 0.222 e. The van der Waals surface area contributed by atoms with Crippen molar-refractivity contribution in [3.8, 4) is 0 Å². The van der Waals surface area contributed by atoms with Crippen molar-refractivity contribution in [2.45, 2.75) is 32.3 Å². The van der Waals surface area contributed by atoms with Gasteiger partial charge in [-0.05, 0) is 37.0 Å². The lowest BCUT2D eigenvalue weighted by Gasteiger charge is -2.13. The predicted molar refractivity (Wildman–Crippen MR) is 68.6 cm³/mol. The highest BCUT2D eigenvalue weighted by Crippen LogP contribution is 2.21. The fourth-order valence-electron chi connectivity index (χ4n) is 1.71. The topological polar surface area (TPSA) is 40.5 Å². The molecule has 1 aromatic carbocycles. The van der Waals surface area contributed by atoms with Crippen molar-refractivity contribution in [1.29, 1.82) is 0 Å². The first-order valence-electron chi connectivity index (χ1n) is 6.06. The van der Waals surface area contributed by atoms with Crippen molar-refractivity contribution in [2.24, 2.45) is 0 Å². The van der Waals surface area contributed by atoms with E-state index in [2.05, 4.69) is 0 Å². The molecule has 1 rings (SSSR count). The number of carbonyl (C=O) groups excluding carboxylic acids is 1. The summed E-state index contributed by atoms with van der Waals surface area (Å²) in [6.45, 7) is 1.67. The third-order valence-electron chi connectivity index (χ3n) is 2.93. The van der Waals surface area contributed by atoms with Crippen LogP contribution in [0, 0.1) is 12.7 Å². The molecule has 0 radical (unpaired) electrons. The zero-order chi connectivity index (χ0) is 13.7. The molecule has 18 heavy (non-hydrogen) atoms. The number of nitrogens with zero attached hydrogens (tertiary/aromatic N) is 1. The standard InChI is InChI=1S/C14H20FNO2/c1-10-9-11(7-8-12(10)15)13(17)5-4-6-14(18)16(2)3/h7-9,13,17H,4-6H2,1-3H3. The van der Waals surface area contributed by atoms with Gasteiger partial charge in [0.25, 0.3) is 0 Å². The summed E-state index contributed by atoms with van der Waals surface area (Å²) in [6, 6.07) is 4.59. The third kappa shape index (κ3) is 4.11. The molecule has 100 valence electrons. The zero-order valence-corrected chi connectivity index (χ0v) is 11.1. The van der Waals surface area contributed by atoms with E-state index in [-0.39, 0.29) is 11.7 Å². The first-order valence-corrected chi connectivity index (χ1v) is 6.06. The molecule has 0 spiro atoms. The van der Waals surface area contributed by atoms with Gasteiger partial charge < -0.3 is 10.0 Å². The van der Waals surface area contributed by atoms with Gasteiger partial charge in [0.2, 0.25) is 5.91 Å². The first kappa shape index (κ1) is 14.6. The molecule has 1 amide bonds. The average Bonchev–Trinajstić information content (AvgIpc) is 2.32. The lowest BCUT2D eigenvalue weighted by atomic mass is 10.0. The van der Waals surface area contributed by atoms with Gasteiger partial charge in [-0.1, -0.05) is 12.1 Å². The Kier molecular flexibility index (Phi) is 5.28. The Morgan fingerprint density at radius 2 is 2.11 bits per heavy atom. The molecule has 0 aliphatic rings. The van der Waals surface area contributed by atoms with Crippen molar-refractivity contribution in [3.63, 3.8) is 0 Å². The summed E-state index contributed by atoms with van der Waals surface area (Å²) >= 11 is 0. The molecule has 0 heterocycles. The number of carbonyl (C=O) groups is 1. The number of halogens is 1. The number of benzene rings is 1. The fourth-order valence-corrected chi connectivity index (χ4v) is 1.71. The Bertz CT molecular complexity index is 418. The first-order chi connectivity index (χ1) is 8.41. The molecule has 0 aliphatic carbocycles. The van der Waals surface area contributed by atoms with Gasteiger partial charge in [0.05, 0.1) is 6.10 Å². The molecular weight excluding hydrogens is 233 g/mol. The highest BCUT2D eigenvalue weighted by molar-refractivity contribution is 5.75. The van der Waals surface area contributed by atoms with E-state index in [0.717, 1.165) is 0 Å². The Morgan fingerprint density at radius 1 is 1.44 bits per heavy atom. The number of aliphatic hydroxyl groups excluding tert-OH is 1. The van der Waals surface area contributed by atoms with Crippen molar-refractivity contribution in [2.75, 3.05) is 14.1 Å². The summed E-state index contributed by atoms with van der Waals surface area (Å²) in [5, 5.41) is 9.94. The van der Waals surface area contributed by atoms with Gasteiger partial charge in [0, 0.05) is 20.5 Å². The van der Waals surface area contributed by atoms with E-state index >= 15 is 0 Å². The molecule has 1 N–H and O–H groups in total. The van der Waals surface area contributed by atoms with Crippen LogP contribution in [0.3, 0.4) is 0 Å². The van der Waals surface area contributed by atoms with Gasteiger partial charge in [-0.2, -0.15) is 0 Å². The molecule has 1 atom stereocenters. The van der Waals surface area contributed by atoms with E-state index in [1.807, 2.05) is 0 Å². The molecule has 3 nitrogen and oxygen atoms in total. The summed E-state index contributed by atoms with van der Waals surface area (Å²) in [7, 11) is 3.42. The van der Waals surface area contributed by atoms with Gasteiger partial charge in [-0.15, -0.1) is 0 Å². The third-order valence-corrected chi connectivity index (χ3v) is 2.93. The molecule has 1 aromatic rings. The van der Waals surface area contributed by atoms with Gasteiger partial charge in [-0.25, -0.2) is 4.39 Å². The van der Waals surface area contributed by atoms with Crippen LogP contribution < -0.4 is 0 Å². The van der Waals surface area contributed by atoms with Crippen LogP contribution in [0.25, 0.3) is 0 Å². The van der Waals surface area contributed by atoms with E-state index in [4.69, 9.17) is 0 Å². The highest BCUT2D eigenvalue weighted by atomic mass is 19.1. The minimum atomic E-state index is -0.640. The van der Waals surface area contributed by atoms with Crippen molar-refractivity contribution in [3.05, 3.63) is 35.1 Å². The van der Waals surface area contributed by atoms with Crippen LogP contribution in [0.5, 0.6) is 0 Å². The lowest BCUT2D eigenvalue weighted by molar-refractivity contribution is -0.128. The Balaban J connectivity index is 2.48. The maximum absolute atomic E-state index is 13.1. The van der Waals surface area contributed by atoms with Gasteiger partial charge >= 0.3 is 0 Å². The van der Waals surface area contributed by atoms with Crippen LogP contribution in [-0.4, -0.2) is 30.0 Å². The largest absolute Gasteiger partial charge is 0.388 e. The monoisotopic (exact) mass is 253 g/mol.